The number of aromatic amines is 1. The van der Waals surface area contributed by atoms with E-state index in [-0.39, 0.29) is 17.8 Å². The summed E-state index contributed by atoms with van der Waals surface area (Å²) in [6, 6.07) is 2.16. The lowest BCUT2D eigenvalue weighted by Gasteiger charge is -2.29. The summed E-state index contributed by atoms with van der Waals surface area (Å²) < 4.78 is 27.3. The Bertz CT molecular complexity index is 818. The molecular weight excluding hydrogens is 314 g/mol. The number of aromatic nitrogens is 3. The van der Waals surface area contributed by atoms with E-state index in [0.29, 0.717) is 12.3 Å². The highest BCUT2D eigenvalue weighted by Gasteiger charge is 2.49. The van der Waals surface area contributed by atoms with Gasteiger partial charge in [-0.3, -0.25) is 0 Å². The molecule has 3 atom stereocenters. The zero-order chi connectivity index (χ0) is 16.0. The Hall–Kier alpha value is -1.67. The normalized spacial score (nSPS) is 27.2. The number of anilines is 1. The van der Waals surface area contributed by atoms with Crippen LogP contribution >= 0.6 is 0 Å². The molecule has 1 aliphatic carbocycles. The second-order valence-electron chi connectivity index (χ2n) is 6.46. The van der Waals surface area contributed by atoms with Gasteiger partial charge in [-0.25, -0.2) is 23.1 Å². The number of H-pyrrole nitrogens is 1. The van der Waals surface area contributed by atoms with Crippen molar-refractivity contribution in [3.8, 4) is 0 Å². The van der Waals surface area contributed by atoms with Gasteiger partial charge in [-0.15, -0.1) is 0 Å². The topological polar surface area (TPSA) is 91.0 Å². The van der Waals surface area contributed by atoms with Crippen molar-refractivity contribution in [3.63, 3.8) is 0 Å². The van der Waals surface area contributed by atoms with E-state index in [1.165, 1.54) is 0 Å². The molecule has 124 valence electrons. The van der Waals surface area contributed by atoms with E-state index in [4.69, 9.17) is 0 Å². The number of hydrogen-bond acceptors (Lipinski definition) is 5. The van der Waals surface area contributed by atoms with Crippen LogP contribution in [-0.2, 0) is 10.0 Å². The third-order valence-electron chi connectivity index (χ3n) is 4.98. The molecule has 4 rings (SSSR count). The van der Waals surface area contributed by atoms with Gasteiger partial charge in [-0.1, -0.05) is 6.92 Å². The maximum atomic E-state index is 12.2. The Morgan fingerprint density at radius 3 is 3.09 bits per heavy atom. The van der Waals surface area contributed by atoms with Crippen molar-refractivity contribution in [3.05, 3.63) is 18.6 Å². The minimum atomic E-state index is -3.19. The molecule has 3 heterocycles. The highest BCUT2D eigenvalue weighted by molar-refractivity contribution is 7.89. The van der Waals surface area contributed by atoms with Crippen LogP contribution in [0.5, 0.6) is 0 Å². The van der Waals surface area contributed by atoms with Gasteiger partial charge in [-0.2, -0.15) is 0 Å². The molecule has 8 heteroatoms. The molecule has 23 heavy (non-hydrogen) atoms. The molecule has 0 spiro atoms. The van der Waals surface area contributed by atoms with Crippen LogP contribution in [0.3, 0.4) is 0 Å². The SMILES string of the molecule is CCCS(=O)(=O)N[C@@H]1C2CCC1N(c1ncnc3[nH]ccc13)C2. The Balaban J connectivity index is 1.63. The van der Waals surface area contributed by atoms with E-state index in [1.54, 1.807) is 6.33 Å². The molecule has 7 nitrogen and oxygen atoms in total. The van der Waals surface area contributed by atoms with Crippen molar-refractivity contribution in [1.29, 1.82) is 0 Å². The minimum Gasteiger partial charge on any atom is -0.351 e. The predicted octanol–water partition coefficient (Wildman–Crippen LogP) is 1.25. The maximum absolute atomic E-state index is 12.2. The van der Waals surface area contributed by atoms with Crippen LogP contribution in [0.25, 0.3) is 11.0 Å². The highest BCUT2D eigenvalue weighted by atomic mass is 32.2. The molecule has 2 aliphatic rings. The van der Waals surface area contributed by atoms with Gasteiger partial charge in [0.25, 0.3) is 0 Å². The number of sulfonamides is 1. The number of fused-ring (bicyclic) bond motifs is 3. The first-order chi connectivity index (χ1) is 11.1. The van der Waals surface area contributed by atoms with E-state index >= 15 is 0 Å². The van der Waals surface area contributed by atoms with Crippen LogP contribution in [0.2, 0.25) is 0 Å². The van der Waals surface area contributed by atoms with E-state index in [1.807, 2.05) is 19.2 Å². The summed E-state index contributed by atoms with van der Waals surface area (Å²) in [4.78, 5) is 14.1. The molecule has 0 aromatic carbocycles. The molecule has 1 saturated carbocycles. The standard InChI is InChI=1S/C15H21N5O2S/c1-2-7-23(21,22)19-13-10-3-4-12(13)20(8-10)15-11-5-6-16-14(11)17-9-18-15/h5-6,9-10,12-13,19H,2-4,7-8H2,1H3,(H,16,17,18)/t10?,12?,13-/m1/s1. The van der Waals surface area contributed by atoms with E-state index in [0.717, 1.165) is 36.2 Å². The average molecular weight is 335 g/mol. The Morgan fingerprint density at radius 1 is 1.39 bits per heavy atom. The van der Waals surface area contributed by atoms with Gasteiger partial charge in [0.1, 0.15) is 17.8 Å². The molecule has 0 radical (unpaired) electrons. The first-order valence-corrected chi connectivity index (χ1v) is 9.79. The van der Waals surface area contributed by atoms with E-state index in [2.05, 4.69) is 24.6 Å². The van der Waals surface area contributed by atoms with Crippen LogP contribution in [0.15, 0.2) is 18.6 Å². The van der Waals surface area contributed by atoms with Crippen LogP contribution in [0, 0.1) is 5.92 Å². The second kappa shape index (κ2) is 5.45. The molecule has 1 aliphatic heterocycles. The van der Waals surface area contributed by atoms with E-state index in [9.17, 15) is 8.42 Å². The van der Waals surface area contributed by atoms with E-state index < -0.39 is 10.0 Å². The molecule has 2 aromatic heterocycles. The highest BCUT2D eigenvalue weighted by Crippen LogP contribution is 2.41. The molecule has 0 amide bonds. The lowest BCUT2D eigenvalue weighted by atomic mass is 10.1. The maximum Gasteiger partial charge on any atom is 0.211 e. The largest absolute Gasteiger partial charge is 0.351 e. The minimum absolute atomic E-state index is 0.00416. The van der Waals surface area contributed by atoms with Crippen LogP contribution < -0.4 is 9.62 Å². The molecule has 1 saturated heterocycles. The van der Waals surface area contributed by atoms with Crippen LogP contribution in [0.1, 0.15) is 26.2 Å². The summed E-state index contributed by atoms with van der Waals surface area (Å²) in [6.07, 6.45) is 6.13. The van der Waals surface area contributed by atoms with Crippen molar-refractivity contribution in [2.45, 2.75) is 38.3 Å². The summed E-state index contributed by atoms with van der Waals surface area (Å²) in [6.45, 7) is 2.74. The zero-order valence-electron chi connectivity index (χ0n) is 13.1. The molecule has 2 fully saturated rings. The first kappa shape index (κ1) is 14.9. The quantitative estimate of drug-likeness (QED) is 0.858. The van der Waals surface area contributed by atoms with Gasteiger partial charge in [0, 0.05) is 24.8 Å². The summed E-state index contributed by atoms with van der Waals surface area (Å²) >= 11 is 0. The number of nitrogens with one attached hydrogen (secondary N) is 2. The van der Waals surface area contributed by atoms with Crippen molar-refractivity contribution in [1.82, 2.24) is 19.7 Å². The predicted molar refractivity (Wildman–Crippen MR) is 88.7 cm³/mol. The van der Waals surface area contributed by atoms with Gasteiger partial charge in [0.05, 0.1) is 11.1 Å². The zero-order valence-corrected chi connectivity index (χ0v) is 13.9. The number of piperidine rings is 1. The second-order valence-corrected chi connectivity index (χ2v) is 8.33. The van der Waals surface area contributed by atoms with Crippen LogP contribution in [-0.4, -0.2) is 47.8 Å². The smallest absolute Gasteiger partial charge is 0.211 e. The fourth-order valence-electron chi connectivity index (χ4n) is 4.04. The molecule has 2 N–H and O–H groups in total. The average Bonchev–Trinajstić information content (AvgIpc) is 3.21. The molecule has 2 unspecified atom stereocenters. The fraction of sp³-hybridized carbons (Fsp3) is 0.600. The summed E-state index contributed by atoms with van der Waals surface area (Å²) in [5.41, 5.74) is 0.820. The summed E-state index contributed by atoms with van der Waals surface area (Å²) in [5.74, 6) is 1.46. The lowest BCUT2D eigenvalue weighted by molar-refractivity contribution is 0.499. The lowest BCUT2D eigenvalue weighted by Crippen LogP contribution is -2.44. The Kier molecular flexibility index (Phi) is 3.53. The van der Waals surface area contributed by atoms with Gasteiger partial charge < -0.3 is 9.88 Å². The van der Waals surface area contributed by atoms with Crippen molar-refractivity contribution in [2.75, 3.05) is 17.2 Å². The van der Waals surface area contributed by atoms with Gasteiger partial charge in [0.2, 0.25) is 10.0 Å². The van der Waals surface area contributed by atoms with Gasteiger partial charge in [-0.05, 0) is 31.2 Å². The fourth-order valence-corrected chi connectivity index (χ4v) is 5.46. The Morgan fingerprint density at radius 2 is 2.26 bits per heavy atom. The molecule has 2 bridgehead atoms. The molecular formula is C15H21N5O2S. The third kappa shape index (κ3) is 2.49. The van der Waals surface area contributed by atoms with Crippen molar-refractivity contribution in [2.24, 2.45) is 5.92 Å². The number of rotatable bonds is 5. The summed E-state index contributed by atoms with van der Waals surface area (Å²) in [7, 11) is -3.19. The summed E-state index contributed by atoms with van der Waals surface area (Å²) in [5, 5.41) is 0.996. The third-order valence-corrected chi connectivity index (χ3v) is 6.56. The monoisotopic (exact) mass is 335 g/mol. The molecule has 2 aromatic rings. The van der Waals surface area contributed by atoms with Gasteiger partial charge >= 0.3 is 0 Å². The number of nitrogens with zero attached hydrogens (tertiary/aromatic N) is 3. The van der Waals surface area contributed by atoms with Gasteiger partial charge in [0.15, 0.2) is 0 Å². The van der Waals surface area contributed by atoms with Crippen LogP contribution in [0.4, 0.5) is 5.82 Å². The first-order valence-electron chi connectivity index (χ1n) is 8.14. The van der Waals surface area contributed by atoms with Crippen molar-refractivity contribution < 1.29 is 8.42 Å². The van der Waals surface area contributed by atoms with Crippen molar-refractivity contribution >= 4 is 26.9 Å². The Labute approximate surface area is 135 Å². The number of hydrogen-bond donors (Lipinski definition) is 2.